The predicted molar refractivity (Wildman–Crippen MR) is 88.4 cm³/mol. The Labute approximate surface area is 132 Å². The van der Waals surface area contributed by atoms with Gasteiger partial charge in [-0.25, -0.2) is 0 Å². The van der Waals surface area contributed by atoms with E-state index in [-0.39, 0.29) is 5.91 Å². The quantitative estimate of drug-likeness (QED) is 0.361. The summed E-state index contributed by atoms with van der Waals surface area (Å²) in [4.78, 5) is 14.3. The molecule has 1 saturated heterocycles. The maximum absolute atomic E-state index is 12.5. The zero-order valence-electron chi connectivity index (χ0n) is 11.8. The Morgan fingerprint density at radius 1 is 1.25 bits per heavy atom. The van der Waals surface area contributed by atoms with Crippen molar-refractivity contribution < 1.29 is 9.53 Å². The Hall–Kier alpha value is -0.780. The summed E-state index contributed by atoms with van der Waals surface area (Å²) in [6, 6.07) is 7.31. The van der Waals surface area contributed by atoms with Crippen LogP contribution in [-0.2, 0) is 9.53 Å². The molecule has 108 valence electrons. The van der Waals surface area contributed by atoms with Gasteiger partial charge in [0.05, 0.1) is 7.11 Å². The normalized spacial score (nSPS) is 19.6. The zero-order valence-corrected chi connectivity index (χ0v) is 14.2. The Balaban J connectivity index is 2.50. The molecule has 1 aromatic rings. The van der Waals surface area contributed by atoms with Crippen LogP contribution in [0, 0.1) is 0 Å². The van der Waals surface area contributed by atoms with Gasteiger partial charge in [0, 0.05) is 10.7 Å². The third-order valence-corrected chi connectivity index (χ3v) is 6.46. The highest BCUT2D eigenvalue weighted by Crippen LogP contribution is 2.55. The number of allylic oxidation sites excluding steroid dienone is 1. The van der Waals surface area contributed by atoms with Crippen molar-refractivity contribution in [1.82, 2.24) is 0 Å². The average Bonchev–Trinajstić information content (AvgIpc) is 2.46. The van der Waals surface area contributed by atoms with Crippen molar-refractivity contribution in [2.75, 3.05) is 24.5 Å². The minimum atomic E-state index is -0.439. The number of nitrogens with zero attached hydrogens (tertiary/aromatic N) is 1. The van der Waals surface area contributed by atoms with Gasteiger partial charge in [-0.05, 0) is 43.7 Å². The molecule has 1 heterocycles. The van der Waals surface area contributed by atoms with E-state index in [1.165, 1.54) is 0 Å². The van der Waals surface area contributed by atoms with Crippen LogP contribution in [0.3, 0.4) is 0 Å². The number of methoxy groups -OCH3 is 1. The van der Waals surface area contributed by atoms with E-state index < -0.39 is 4.20 Å². The summed E-state index contributed by atoms with van der Waals surface area (Å²) in [5.41, 5.74) is 1.56. The third kappa shape index (κ3) is 2.22. The number of amides is 1. The van der Waals surface area contributed by atoms with Crippen molar-refractivity contribution in [1.29, 1.82) is 0 Å². The molecule has 0 aliphatic carbocycles. The number of hydrogen-bond acceptors (Lipinski definition) is 4. The van der Waals surface area contributed by atoms with Gasteiger partial charge in [-0.2, -0.15) is 0 Å². The maximum atomic E-state index is 12.5. The molecule has 0 N–H and O–H groups in total. The van der Waals surface area contributed by atoms with Crippen molar-refractivity contribution in [2.45, 2.75) is 11.1 Å². The number of hydrogen-bond donors (Lipinski definition) is 0. The number of carbonyl (C=O) groups excluding carboxylic acids is 1. The van der Waals surface area contributed by atoms with Crippen LogP contribution >= 0.6 is 35.1 Å². The first-order chi connectivity index (χ1) is 9.51. The van der Waals surface area contributed by atoms with Gasteiger partial charge >= 0.3 is 0 Å². The lowest BCUT2D eigenvalue weighted by atomic mass is 10.0. The Kier molecular flexibility index (Phi) is 4.62. The number of benzene rings is 1. The molecule has 0 atom stereocenters. The molecule has 1 aliphatic heterocycles. The molecule has 0 bridgehead atoms. The highest BCUT2D eigenvalue weighted by Gasteiger charge is 2.58. The second-order valence-corrected chi connectivity index (χ2v) is 6.94. The second kappa shape index (κ2) is 5.92. The van der Waals surface area contributed by atoms with Crippen molar-refractivity contribution >= 4 is 46.7 Å². The standard InChI is InChI=1S/C14H16ClNO2S2/c1-9(18-2)12-13(17)16(14(12,19-3)20-4)11-7-5-10(15)6-8-11/h5-8H,1-4H3/b12-9+. The topological polar surface area (TPSA) is 29.5 Å². The van der Waals surface area contributed by atoms with Crippen molar-refractivity contribution in [3.8, 4) is 0 Å². The SMILES string of the molecule is CO/C(C)=C1\C(=O)N(c2ccc(Cl)cc2)C1(SC)SC. The van der Waals surface area contributed by atoms with E-state index in [1.54, 1.807) is 47.7 Å². The lowest BCUT2D eigenvalue weighted by molar-refractivity contribution is -0.118. The van der Waals surface area contributed by atoms with Gasteiger partial charge in [0.25, 0.3) is 5.91 Å². The molecule has 0 radical (unpaired) electrons. The molecule has 0 unspecified atom stereocenters. The maximum Gasteiger partial charge on any atom is 0.263 e. The van der Waals surface area contributed by atoms with E-state index in [1.807, 2.05) is 31.6 Å². The number of β-lactam (4-membered cyclic amide) rings is 1. The van der Waals surface area contributed by atoms with E-state index in [0.29, 0.717) is 10.8 Å². The van der Waals surface area contributed by atoms with Gasteiger partial charge in [0.2, 0.25) is 0 Å². The highest BCUT2D eigenvalue weighted by molar-refractivity contribution is 8.18. The molecular formula is C14H16ClNO2S2. The number of ether oxygens (including phenoxy) is 1. The van der Waals surface area contributed by atoms with Crippen LogP contribution in [0.1, 0.15) is 6.92 Å². The van der Waals surface area contributed by atoms with Crippen LogP contribution in [0.15, 0.2) is 35.6 Å². The lowest BCUT2D eigenvalue weighted by Gasteiger charge is -2.51. The van der Waals surface area contributed by atoms with E-state index in [4.69, 9.17) is 16.3 Å². The Morgan fingerprint density at radius 2 is 1.80 bits per heavy atom. The minimum Gasteiger partial charge on any atom is -0.501 e. The lowest BCUT2D eigenvalue weighted by Crippen LogP contribution is -2.62. The summed E-state index contributed by atoms with van der Waals surface area (Å²) in [6.07, 6.45) is 3.99. The van der Waals surface area contributed by atoms with Gasteiger partial charge in [0.15, 0.2) is 4.20 Å². The zero-order chi connectivity index (χ0) is 14.9. The summed E-state index contributed by atoms with van der Waals surface area (Å²) in [7, 11) is 1.59. The molecule has 0 spiro atoms. The summed E-state index contributed by atoms with van der Waals surface area (Å²) in [5, 5.41) is 0.657. The first kappa shape index (κ1) is 15.6. The van der Waals surface area contributed by atoms with Crippen molar-refractivity contribution in [3.05, 3.63) is 40.6 Å². The fourth-order valence-corrected chi connectivity index (χ4v) is 4.67. The van der Waals surface area contributed by atoms with Crippen LogP contribution in [-0.4, -0.2) is 29.7 Å². The van der Waals surface area contributed by atoms with Crippen LogP contribution in [0.5, 0.6) is 0 Å². The number of halogens is 1. The monoisotopic (exact) mass is 329 g/mol. The van der Waals surface area contributed by atoms with Gasteiger partial charge in [-0.1, -0.05) is 11.6 Å². The first-order valence-corrected chi connectivity index (χ1v) is 8.80. The highest BCUT2D eigenvalue weighted by atomic mass is 35.5. The number of carbonyl (C=O) groups is 1. The summed E-state index contributed by atoms with van der Waals surface area (Å²) in [6.45, 7) is 1.83. The predicted octanol–water partition coefficient (Wildman–Crippen LogP) is 3.99. The Bertz CT molecular complexity index is 553. The van der Waals surface area contributed by atoms with Gasteiger partial charge in [-0.15, -0.1) is 23.5 Å². The number of thioether (sulfide) groups is 2. The molecule has 2 rings (SSSR count). The molecule has 20 heavy (non-hydrogen) atoms. The van der Waals surface area contributed by atoms with E-state index in [9.17, 15) is 4.79 Å². The van der Waals surface area contributed by atoms with Crippen molar-refractivity contribution in [2.24, 2.45) is 0 Å². The van der Waals surface area contributed by atoms with Gasteiger partial charge < -0.3 is 4.74 Å². The molecule has 1 fully saturated rings. The number of rotatable bonds is 4. The molecule has 1 aromatic carbocycles. The Morgan fingerprint density at radius 3 is 2.25 bits per heavy atom. The van der Waals surface area contributed by atoms with E-state index in [2.05, 4.69) is 0 Å². The smallest absolute Gasteiger partial charge is 0.263 e. The van der Waals surface area contributed by atoms with Crippen LogP contribution < -0.4 is 4.90 Å². The van der Waals surface area contributed by atoms with Crippen LogP contribution in [0.2, 0.25) is 5.02 Å². The fraction of sp³-hybridized carbons (Fsp3) is 0.357. The summed E-state index contributed by atoms with van der Waals surface area (Å²) < 4.78 is 4.83. The summed E-state index contributed by atoms with van der Waals surface area (Å²) in [5.74, 6) is 0.652. The minimum absolute atomic E-state index is 0.0182. The fourth-order valence-electron chi connectivity index (χ4n) is 2.26. The summed E-state index contributed by atoms with van der Waals surface area (Å²) >= 11 is 9.15. The van der Waals surface area contributed by atoms with Crippen LogP contribution in [0.4, 0.5) is 5.69 Å². The second-order valence-electron chi connectivity index (χ2n) is 4.24. The molecule has 0 aromatic heterocycles. The van der Waals surface area contributed by atoms with E-state index in [0.717, 1.165) is 11.3 Å². The number of anilines is 1. The molecule has 1 amide bonds. The molecule has 0 saturated carbocycles. The average molecular weight is 330 g/mol. The first-order valence-electron chi connectivity index (χ1n) is 5.97. The van der Waals surface area contributed by atoms with Gasteiger partial charge in [-0.3, -0.25) is 9.69 Å². The molecular weight excluding hydrogens is 314 g/mol. The largest absolute Gasteiger partial charge is 0.501 e. The van der Waals surface area contributed by atoms with Gasteiger partial charge in [0.1, 0.15) is 11.3 Å². The molecule has 6 heteroatoms. The third-order valence-electron chi connectivity index (χ3n) is 3.32. The molecule has 1 aliphatic rings. The van der Waals surface area contributed by atoms with Crippen LogP contribution in [0.25, 0.3) is 0 Å². The van der Waals surface area contributed by atoms with E-state index >= 15 is 0 Å². The molecule has 3 nitrogen and oxygen atoms in total. The van der Waals surface area contributed by atoms with Crippen molar-refractivity contribution in [3.63, 3.8) is 0 Å².